The second-order valence-electron chi connectivity index (χ2n) is 4.32. The van der Waals surface area contributed by atoms with E-state index in [-0.39, 0.29) is 5.56 Å². The fourth-order valence-electron chi connectivity index (χ4n) is 1.98. The van der Waals surface area contributed by atoms with Gasteiger partial charge in [-0.15, -0.1) is 0 Å². The highest BCUT2D eigenvalue weighted by Gasteiger charge is 2.13. The molecule has 0 fully saturated rings. The van der Waals surface area contributed by atoms with Crippen molar-refractivity contribution in [2.24, 2.45) is 5.73 Å². The Hall–Kier alpha value is -2.05. The lowest BCUT2D eigenvalue weighted by Crippen LogP contribution is -2.13. The zero-order valence-electron chi connectivity index (χ0n) is 11.8. The van der Waals surface area contributed by atoms with Crippen LogP contribution in [0.4, 0.5) is 0 Å². The van der Waals surface area contributed by atoms with Gasteiger partial charge in [-0.3, -0.25) is 4.79 Å². The number of nitrogens with one attached hydrogen (secondary N) is 1. The van der Waals surface area contributed by atoms with E-state index in [1.54, 1.807) is 12.1 Å². The van der Waals surface area contributed by atoms with Gasteiger partial charge < -0.3 is 20.2 Å². The van der Waals surface area contributed by atoms with Crippen molar-refractivity contribution in [3.8, 4) is 22.9 Å². The molecule has 1 aromatic heterocycles. The molecule has 3 N–H and O–H groups in total. The smallest absolute Gasteiger partial charge is 0.251 e. The normalized spacial score (nSPS) is 10.5. The molecule has 21 heavy (non-hydrogen) atoms. The molecule has 0 amide bonds. The van der Waals surface area contributed by atoms with E-state index in [0.29, 0.717) is 46.6 Å². The number of halogens is 1. The Morgan fingerprint density at radius 2 is 2.05 bits per heavy atom. The Labute approximate surface area is 126 Å². The summed E-state index contributed by atoms with van der Waals surface area (Å²) in [7, 11) is 3.02. The first-order chi connectivity index (χ1) is 10.1. The van der Waals surface area contributed by atoms with Crippen LogP contribution in [0.3, 0.4) is 0 Å². The van der Waals surface area contributed by atoms with Gasteiger partial charge in [-0.25, -0.2) is 4.98 Å². The average Bonchev–Trinajstić information content (AvgIpc) is 2.46. The van der Waals surface area contributed by atoms with E-state index < -0.39 is 0 Å². The number of methoxy groups -OCH3 is 2. The number of aromatic nitrogens is 2. The molecule has 0 saturated carbocycles. The third kappa shape index (κ3) is 3.34. The van der Waals surface area contributed by atoms with Gasteiger partial charge in [0.15, 0.2) is 11.5 Å². The summed E-state index contributed by atoms with van der Waals surface area (Å²) in [6.07, 6.45) is 0.526. The van der Waals surface area contributed by atoms with Gasteiger partial charge in [-0.2, -0.15) is 0 Å². The van der Waals surface area contributed by atoms with Crippen LogP contribution in [0.2, 0.25) is 5.02 Å². The maximum absolute atomic E-state index is 11.7. The van der Waals surface area contributed by atoms with Crippen LogP contribution in [-0.4, -0.2) is 30.7 Å². The highest BCUT2D eigenvalue weighted by atomic mass is 35.5. The highest BCUT2D eigenvalue weighted by molar-refractivity contribution is 6.32. The molecule has 0 unspecified atom stereocenters. The van der Waals surface area contributed by atoms with Crippen LogP contribution in [0.5, 0.6) is 11.5 Å². The zero-order chi connectivity index (χ0) is 15.4. The van der Waals surface area contributed by atoms with Crippen molar-refractivity contribution in [3.05, 3.63) is 39.3 Å². The number of H-pyrrole nitrogens is 1. The largest absolute Gasteiger partial charge is 0.493 e. The molecule has 0 aliphatic carbocycles. The number of nitrogens with two attached hydrogens (primary N) is 1. The Morgan fingerprint density at radius 1 is 1.29 bits per heavy atom. The minimum Gasteiger partial charge on any atom is -0.493 e. The van der Waals surface area contributed by atoms with Gasteiger partial charge in [-0.05, 0) is 18.7 Å². The molecular formula is C14H16ClN3O3. The molecule has 0 aliphatic rings. The van der Waals surface area contributed by atoms with E-state index in [1.807, 2.05) is 0 Å². The maximum atomic E-state index is 11.7. The first-order valence-corrected chi connectivity index (χ1v) is 6.69. The predicted octanol–water partition coefficient (Wildman–Crippen LogP) is 1.61. The molecule has 6 nitrogen and oxygen atoms in total. The summed E-state index contributed by atoms with van der Waals surface area (Å²) in [5, 5.41) is 0.374. The molecule has 0 radical (unpaired) electrons. The standard InChI is InChI=1S/C14H16ClN3O3/c1-20-11-6-8(5-10(15)13(11)21-2)14-17-9(3-4-16)7-12(19)18-14/h5-7H,3-4,16H2,1-2H3,(H,17,18,19). The SMILES string of the molecule is COc1cc(-c2nc(CCN)cc(=O)[nH]2)cc(Cl)c1OC. The van der Waals surface area contributed by atoms with Crippen molar-refractivity contribution in [2.75, 3.05) is 20.8 Å². The molecule has 2 aromatic rings. The fourth-order valence-corrected chi connectivity index (χ4v) is 2.26. The van der Waals surface area contributed by atoms with Gasteiger partial charge in [0.05, 0.1) is 19.2 Å². The Balaban J connectivity index is 2.56. The summed E-state index contributed by atoms with van der Waals surface area (Å²) in [4.78, 5) is 18.7. The van der Waals surface area contributed by atoms with Crippen LogP contribution in [-0.2, 0) is 6.42 Å². The Morgan fingerprint density at radius 3 is 2.67 bits per heavy atom. The summed E-state index contributed by atoms with van der Waals surface area (Å²) in [5.74, 6) is 1.31. The lowest BCUT2D eigenvalue weighted by Gasteiger charge is -2.11. The number of rotatable bonds is 5. The third-order valence-electron chi connectivity index (χ3n) is 2.90. The molecule has 0 atom stereocenters. The average molecular weight is 310 g/mol. The van der Waals surface area contributed by atoms with Crippen molar-refractivity contribution in [1.82, 2.24) is 9.97 Å². The number of ether oxygens (including phenoxy) is 2. The van der Waals surface area contributed by atoms with Gasteiger partial charge in [0, 0.05) is 23.7 Å². The van der Waals surface area contributed by atoms with Gasteiger partial charge in [0.1, 0.15) is 5.82 Å². The first-order valence-electron chi connectivity index (χ1n) is 6.31. The summed E-state index contributed by atoms with van der Waals surface area (Å²) in [6, 6.07) is 4.79. The van der Waals surface area contributed by atoms with Crippen LogP contribution >= 0.6 is 11.6 Å². The highest BCUT2D eigenvalue weighted by Crippen LogP contribution is 2.38. The van der Waals surface area contributed by atoms with E-state index in [2.05, 4.69) is 9.97 Å². The lowest BCUT2D eigenvalue weighted by molar-refractivity contribution is 0.355. The van der Waals surface area contributed by atoms with Crippen LogP contribution in [0.1, 0.15) is 5.69 Å². The van der Waals surface area contributed by atoms with Gasteiger partial charge >= 0.3 is 0 Å². The molecule has 2 rings (SSSR count). The molecule has 1 heterocycles. The number of aromatic amines is 1. The molecular weight excluding hydrogens is 294 g/mol. The number of hydrogen-bond acceptors (Lipinski definition) is 5. The second kappa shape index (κ2) is 6.60. The minimum absolute atomic E-state index is 0.241. The summed E-state index contributed by atoms with van der Waals surface area (Å²) >= 11 is 6.16. The van der Waals surface area contributed by atoms with Crippen molar-refractivity contribution < 1.29 is 9.47 Å². The first kappa shape index (κ1) is 15.3. The van der Waals surface area contributed by atoms with Gasteiger partial charge in [0.25, 0.3) is 5.56 Å². The van der Waals surface area contributed by atoms with Crippen molar-refractivity contribution in [1.29, 1.82) is 0 Å². The van der Waals surface area contributed by atoms with Crippen LogP contribution in [0, 0.1) is 0 Å². The predicted molar refractivity (Wildman–Crippen MR) is 81.2 cm³/mol. The van der Waals surface area contributed by atoms with E-state index >= 15 is 0 Å². The molecule has 0 bridgehead atoms. The second-order valence-corrected chi connectivity index (χ2v) is 4.72. The van der Waals surface area contributed by atoms with E-state index in [4.69, 9.17) is 26.8 Å². The quantitative estimate of drug-likeness (QED) is 0.875. The van der Waals surface area contributed by atoms with Crippen molar-refractivity contribution >= 4 is 11.6 Å². The maximum Gasteiger partial charge on any atom is 0.251 e. The van der Waals surface area contributed by atoms with Crippen molar-refractivity contribution in [2.45, 2.75) is 6.42 Å². The zero-order valence-corrected chi connectivity index (χ0v) is 12.5. The van der Waals surface area contributed by atoms with Crippen LogP contribution in [0.15, 0.2) is 23.0 Å². The topological polar surface area (TPSA) is 90.2 Å². The summed E-state index contributed by atoms with van der Waals surface area (Å²) in [5.41, 5.74) is 6.52. The van der Waals surface area contributed by atoms with Gasteiger partial charge in [-0.1, -0.05) is 11.6 Å². The minimum atomic E-state index is -0.241. The summed E-state index contributed by atoms with van der Waals surface area (Å²) in [6.45, 7) is 0.419. The van der Waals surface area contributed by atoms with E-state index in [1.165, 1.54) is 20.3 Å². The number of benzene rings is 1. The van der Waals surface area contributed by atoms with E-state index in [0.717, 1.165) is 0 Å². The molecule has 1 aromatic carbocycles. The third-order valence-corrected chi connectivity index (χ3v) is 3.18. The number of nitrogens with zero attached hydrogens (tertiary/aromatic N) is 1. The fraction of sp³-hybridized carbons (Fsp3) is 0.286. The number of hydrogen-bond donors (Lipinski definition) is 2. The van der Waals surface area contributed by atoms with Gasteiger partial charge in [0.2, 0.25) is 0 Å². The molecule has 112 valence electrons. The van der Waals surface area contributed by atoms with Crippen LogP contribution in [0.25, 0.3) is 11.4 Å². The Bertz CT molecular complexity index is 700. The van der Waals surface area contributed by atoms with E-state index in [9.17, 15) is 4.79 Å². The summed E-state index contributed by atoms with van der Waals surface area (Å²) < 4.78 is 10.4. The van der Waals surface area contributed by atoms with Crippen LogP contribution < -0.4 is 20.8 Å². The molecule has 7 heteroatoms. The Kier molecular flexibility index (Phi) is 4.82. The molecule has 0 saturated heterocycles. The molecule has 0 aliphatic heterocycles. The lowest BCUT2D eigenvalue weighted by atomic mass is 10.1. The molecule has 0 spiro atoms. The monoisotopic (exact) mass is 309 g/mol. The van der Waals surface area contributed by atoms with Crippen molar-refractivity contribution in [3.63, 3.8) is 0 Å².